The van der Waals surface area contributed by atoms with Crippen molar-refractivity contribution in [1.29, 1.82) is 0 Å². The first-order valence-electron chi connectivity index (χ1n) is 5.04. The van der Waals surface area contributed by atoms with Gasteiger partial charge in [-0.25, -0.2) is 0 Å². The van der Waals surface area contributed by atoms with E-state index < -0.39 is 0 Å². The SMILES string of the molecule is C=CCCC(C)C(C)CNCC. The molecule has 2 unspecified atom stereocenters. The Kier molecular flexibility index (Phi) is 7.17. The van der Waals surface area contributed by atoms with Gasteiger partial charge in [0.25, 0.3) is 0 Å². The molecule has 0 aliphatic rings. The van der Waals surface area contributed by atoms with Gasteiger partial charge in [-0.1, -0.05) is 26.8 Å². The van der Waals surface area contributed by atoms with E-state index >= 15 is 0 Å². The van der Waals surface area contributed by atoms with Crippen LogP contribution in [0.5, 0.6) is 0 Å². The lowest BCUT2D eigenvalue weighted by molar-refractivity contribution is 0.352. The fraction of sp³-hybridized carbons (Fsp3) is 0.818. The van der Waals surface area contributed by atoms with E-state index in [9.17, 15) is 0 Å². The summed E-state index contributed by atoms with van der Waals surface area (Å²) in [6.45, 7) is 12.8. The van der Waals surface area contributed by atoms with Crippen LogP contribution >= 0.6 is 0 Å². The summed E-state index contributed by atoms with van der Waals surface area (Å²) in [5, 5.41) is 3.38. The quantitative estimate of drug-likeness (QED) is 0.578. The zero-order chi connectivity index (χ0) is 9.40. The van der Waals surface area contributed by atoms with Crippen LogP contribution in [0.15, 0.2) is 12.7 Å². The van der Waals surface area contributed by atoms with Crippen LogP contribution in [-0.2, 0) is 0 Å². The molecule has 1 N–H and O–H groups in total. The Labute approximate surface area is 77.2 Å². The zero-order valence-electron chi connectivity index (χ0n) is 8.77. The molecule has 0 rings (SSSR count). The van der Waals surface area contributed by atoms with Gasteiger partial charge in [0.1, 0.15) is 0 Å². The fourth-order valence-electron chi connectivity index (χ4n) is 1.24. The summed E-state index contributed by atoms with van der Waals surface area (Å²) >= 11 is 0. The largest absolute Gasteiger partial charge is 0.317 e. The van der Waals surface area contributed by atoms with Gasteiger partial charge < -0.3 is 5.32 Å². The molecular formula is C11H23N. The van der Waals surface area contributed by atoms with Gasteiger partial charge in [0.15, 0.2) is 0 Å². The van der Waals surface area contributed by atoms with Gasteiger partial charge in [0, 0.05) is 0 Å². The second kappa shape index (κ2) is 7.35. The van der Waals surface area contributed by atoms with Crippen molar-refractivity contribution in [2.75, 3.05) is 13.1 Å². The van der Waals surface area contributed by atoms with Gasteiger partial charge in [-0.15, -0.1) is 6.58 Å². The first-order valence-corrected chi connectivity index (χ1v) is 5.04. The molecule has 0 saturated heterocycles. The minimum atomic E-state index is 0.782. The third kappa shape index (κ3) is 5.36. The van der Waals surface area contributed by atoms with E-state index in [1.54, 1.807) is 0 Å². The van der Waals surface area contributed by atoms with Crippen molar-refractivity contribution in [3.8, 4) is 0 Å². The minimum Gasteiger partial charge on any atom is -0.317 e. The van der Waals surface area contributed by atoms with Gasteiger partial charge in [-0.2, -0.15) is 0 Å². The van der Waals surface area contributed by atoms with Gasteiger partial charge >= 0.3 is 0 Å². The van der Waals surface area contributed by atoms with E-state index in [2.05, 4.69) is 32.7 Å². The second-order valence-electron chi connectivity index (χ2n) is 3.63. The van der Waals surface area contributed by atoms with Crippen molar-refractivity contribution in [2.45, 2.75) is 33.6 Å². The van der Waals surface area contributed by atoms with Crippen LogP contribution < -0.4 is 5.32 Å². The summed E-state index contributed by atoms with van der Waals surface area (Å²) in [5.41, 5.74) is 0. The van der Waals surface area contributed by atoms with E-state index in [-0.39, 0.29) is 0 Å². The molecule has 0 bridgehead atoms. The van der Waals surface area contributed by atoms with Crippen LogP contribution in [-0.4, -0.2) is 13.1 Å². The van der Waals surface area contributed by atoms with Crippen molar-refractivity contribution in [3.63, 3.8) is 0 Å². The average Bonchev–Trinajstić information content (AvgIpc) is 2.10. The van der Waals surface area contributed by atoms with Crippen molar-refractivity contribution in [3.05, 3.63) is 12.7 Å². The smallest absolute Gasteiger partial charge is 0.00207 e. The van der Waals surface area contributed by atoms with Crippen molar-refractivity contribution < 1.29 is 0 Å². The lowest BCUT2D eigenvalue weighted by atomic mass is 9.91. The molecule has 0 aromatic carbocycles. The van der Waals surface area contributed by atoms with E-state index in [1.807, 2.05) is 6.08 Å². The number of hydrogen-bond acceptors (Lipinski definition) is 1. The Hall–Kier alpha value is -0.300. The van der Waals surface area contributed by atoms with E-state index in [0.29, 0.717) is 0 Å². The summed E-state index contributed by atoms with van der Waals surface area (Å²) in [5.74, 6) is 1.59. The molecule has 0 aromatic rings. The van der Waals surface area contributed by atoms with Crippen LogP contribution in [0.3, 0.4) is 0 Å². The molecular weight excluding hydrogens is 146 g/mol. The molecule has 0 amide bonds. The third-order valence-corrected chi connectivity index (χ3v) is 2.51. The topological polar surface area (TPSA) is 12.0 Å². The molecule has 2 atom stereocenters. The molecule has 0 fully saturated rings. The van der Waals surface area contributed by atoms with E-state index in [0.717, 1.165) is 31.3 Å². The standard InChI is InChI=1S/C11H23N/c1-5-7-8-10(3)11(4)9-12-6-2/h5,10-12H,1,6-9H2,2-4H3. The van der Waals surface area contributed by atoms with Crippen molar-refractivity contribution in [1.82, 2.24) is 5.32 Å². The molecule has 0 saturated carbocycles. The second-order valence-corrected chi connectivity index (χ2v) is 3.63. The Bertz CT molecular complexity index is 110. The maximum absolute atomic E-state index is 3.74. The number of allylic oxidation sites excluding steroid dienone is 1. The summed E-state index contributed by atoms with van der Waals surface area (Å²) in [6.07, 6.45) is 4.43. The molecule has 72 valence electrons. The third-order valence-electron chi connectivity index (χ3n) is 2.51. The first-order chi connectivity index (χ1) is 5.72. The molecule has 1 heteroatoms. The molecule has 0 spiro atoms. The number of hydrogen-bond donors (Lipinski definition) is 1. The lowest BCUT2D eigenvalue weighted by Gasteiger charge is -2.19. The first kappa shape index (κ1) is 11.7. The Balaban J connectivity index is 3.45. The van der Waals surface area contributed by atoms with E-state index in [1.165, 1.54) is 6.42 Å². The predicted octanol–water partition coefficient (Wildman–Crippen LogP) is 2.83. The maximum Gasteiger partial charge on any atom is -0.00207 e. The van der Waals surface area contributed by atoms with Gasteiger partial charge in [0.05, 0.1) is 0 Å². The Morgan fingerprint density at radius 2 is 2.00 bits per heavy atom. The molecule has 0 aliphatic heterocycles. The average molecular weight is 169 g/mol. The highest BCUT2D eigenvalue weighted by Gasteiger charge is 2.09. The molecule has 1 nitrogen and oxygen atoms in total. The number of rotatable bonds is 7. The van der Waals surface area contributed by atoms with Crippen molar-refractivity contribution >= 4 is 0 Å². The summed E-state index contributed by atoms with van der Waals surface area (Å²) in [6, 6.07) is 0. The lowest BCUT2D eigenvalue weighted by Crippen LogP contribution is -2.24. The van der Waals surface area contributed by atoms with Gasteiger partial charge in [-0.3, -0.25) is 0 Å². The highest BCUT2D eigenvalue weighted by Crippen LogP contribution is 2.15. The van der Waals surface area contributed by atoms with Gasteiger partial charge in [-0.05, 0) is 37.8 Å². The highest BCUT2D eigenvalue weighted by molar-refractivity contribution is 4.71. The van der Waals surface area contributed by atoms with Gasteiger partial charge in [0.2, 0.25) is 0 Å². The predicted molar refractivity (Wildman–Crippen MR) is 56.3 cm³/mol. The molecule has 0 heterocycles. The zero-order valence-corrected chi connectivity index (χ0v) is 8.77. The highest BCUT2D eigenvalue weighted by atomic mass is 14.8. The van der Waals surface area contributed by atoms with Crippen LogP contribution in [0.25, 0.3) is 0 Å². The minimum absolute atomic E-state index is 0.782. The Morgan fingerprint density at radius 3 is 2.50 bits per heavy atom. The normalized spacial score (nSPS) is 15.6. The summed E-state index contributed by atoms with van der Waals surface area (Å²) in [7, 11) is 0. The van der Waals surface area contributed by atoms with Crippen LogP contribution in [0.4, 0.5) is 0 Å². The maximum atomic E-state index is 3.74. The van der Waals surface area contributed by atoms with Crippen LogP contribution in [0, 0.1) is 11.8 Å². The van der Waals surface area contributed by atoms with Crippen LogP contribution in [0.2, 0.25) is 0 Å². The fourth-order valence-corrected chi connectivity index (χ4v) is 1.24. The molecule has 0 aliphatic carbocycles. The monoisotopic (exact) mass is 169 g/mol. The molecule has 0 radical (unpaired) electrons. The molecule has 12 heavy (non-hydrogen) atoms. The molecule has 0 aromatic heterocycles. The van der Waals surface area contributed by atoms with Crippen LogP contribution in [0.1, 0.15) is 33.6 Å². The van der Waals surface area contributed by atoms with E-state index in [4.69, 9.17) is 0 Å². The summed E-state index contributed by atoms with van der Waals surface area (Å²) < 4.78 is 0. The number of nitrogens with one attached hydrogen (secondary N) is 1. The summed E-state index contributed by atoms with van der Waals surface area (Å²) in [4.78, 5) is 0. The Morgan fingerprint density at radius 1 is 1.33 bits per heavy atom. The van der Waals surface area contributed by atoms with Crippen molar-refractivity contribution in [2.24, 2.45) is 11.8 Å².